The summed E-state index contributed by atoms with van der Waals surface area (Å²) in [4.78, 5) is 11.5. The van der Waals surface area contributed by atoms with Crippen LogP contribution in [0.15, 0.2) is 22.7 Å². The number of halogens is 1. The van der Waals surface area contributed by atoms with Crippen molar-refractivity contribution < 1.29 is 9.90 Å². The summed E-state index contributed by atoms with van der Waals surface area (Å²) in [6, 6.07) is 4.81. The first-order valence-corrected chi connectivity index (χ1v) is 5.09. The molecule has 1 aromatic rings. The number of nitrogens with one attached hydrogen (secondary N) is 1. The van der Waals surface area contributed by atoms with Gasteiger partial charge in [0.15, 0.2) is 0 Å². The maximum Gasteiger partial charge on any atom is 0.255 e. The fraction of sp³-hybridized carbons (Fsp3) is 0.300. The molecule has 1 amide bonds. The molecule has 3 nitrogen and oxygen atoms in total. The Balaban J connectivity index is 2.94. The van der Waals surface area contributed by atoms with Crippen molar-refractivity contribution in [1.82, 2.24) is 5.32 Å². The Kier molecular flexibility index (Phi) is 3.52. The summed E-state index contributed by atoms with van der Waals surface area (Å²) in [6.45, 7) is 3.74. The van der Waals surface area contributed by atoms with Crippen LogP contribution in [0.5, 0.6) is 5.75 Å². The van der Waals surface area contributed by atoms with E-state index in [1.54, 1.807) is 12.1 Å². The number of hydrogen-bond acceptors (Lipinski definition) is 2. The highest BCUT2D eigenvalue weighted by Crippen LogP contribution is 2.21. The lowest BCUT2D eigenvalue weighted by Crippen LogP contribution is -2.30. The smallest absolute Gasteiger partial charge is 0.255 e. The van der Waals surface area contributed by atoms with E-state index in [0.29, 0.717) is 0 Å². The summed E-state index contributed by atoms with van der Waals surface area (Å²) in [6.07, 6.45) is 0. The van der Waals surface area contributed by atoms with Crippen molar-refractivity contribution in [3.8, 4) is 5.75 Å². The Morgan fingerprint density at radius 2 is 2.14 bits per heavy atom. The van der Waals surface area contributed by atoms with E-state index in [-0.39, 0.29) is 23.3 Å². The van der Waals surface area contributed by atoms with Crippen LogP contribution in [0.3, 0.4) is 0 Å². The average Bonchev–Trinajstić information content (AvgIpc) is 2.08. The van der Waals surface area contributed by atoms with Crippen LogP contribution in [0.25, 0.3) is 0 Å². The van der Waals surface area contributed by atoms with Gasteiger partial charge in [0.05, 0.1) is 5.56 Å². The second kappa shape index (κ2) is 4.46. The highest BCUT2D eigenvalue weighted by molar-refractivity contribution is 9.10. The van der Waals surface area contributed by atoms with Crippen molar-refractivity contribution in [1.29, 1.82) is 0 Å². The molecule has 0 aliphatic rings. The highest BCUT2D eigenvalue weighted by Gasteiger charge is 2.11. The molecule has 76 valence electrons. The Morgan fingerprint density at radius 1 is 1.50 bits per heavy atom. The molecule has 0 saturated heterocycles. The van der Waals surface area contributed by atoms with E-state index < -0.39 is 0 Å². The third-order valence-corrected chi connectivity index (χ3v) is 2.12. The molecule has 0 heterocycles. The van der Waals surface area contributed by atoms with E-state index in [1.165, 1.54) is 6.07 Å². The van der Waals surface area contributed by atoms with Crippen molar-refractivity contribution in [2.45, 2.75) is 19.9 Å². The van der Waals surface area contributed by atoms with E-state index in [0.717, 1.165) is 4.47 Å². The van der Waals surface area contributed by atoms with E-state index in [2.05, 4.69) is 21.2 Å². The van der Waals surface area contributed by atoms with Gasteiger partial charge < -0.3 is 10.4 Å². The molecule has 0 unspecified atom stereocenters. The first-order chi connectivity index (χ1) is 6.50. The lowest BCUT2D eigenvalue weighted by atomic mass is 10.2. The molecule has 0 spiro atoms. The molecule has 0 atom stereocenters. The van der Waals surface area contributed by atoms with Gasteiger partial charge in [0.1, 0.15) is 5.75 Å². The molecule has 0 fully saturated rings. The maximum atomic E-state index is 11.5. The molecule has 0 aromatic heterocycles. The second-order valence-electron chi connectivity index (χ2n) is 3.29. The van der Waals surface area contributed by atoms with Gasteiger partial charge in [-0.25, -0.2) is 0 Å². The number of amides is 1. The number of phenolic OH excluding ortho intramolecular Hbond substituents is 1. The van der Waals surface area contributed by atoms with Crippen LogP contribution in [0.4, 0.5) is 0 Å². The third-order valence-electron chi connectivity index (χ3n) is 1.62. The van der Waals surface area contributed by atoms with Crippen molar-refractivity contribution in [3.05, 3.63) is 28.2 Å². The number of phenols is 1. The van der Waals surface area contributed by atoms with E-state index >= 15 is 0 Å². The van der Waals surface area contributed by atoms with Crippen molar-refractivity contribution >= 4 is 21.8 Å². The van der Waals surface area contributed by atoms with Crippen LogP contribution in [-0.2, 0) is 0 Å². The quantitative estimate of drug-likeness (QED) is 0.855. The first kappa shape index (κ1) is 11.0. The molecule has 14 heavy (non-hydrogen) atoms. The van der Waals surface area contributed by atoms with Crippen LogP contribution in [0.1, 0.15) is 24.2 Å². The molecule has 0 bridgehead atoms. The number of carbonyl (C=O) groups is 1. The molecule has 1 aromatic carbocycles. The highest BCUT2D eigenvalue weighted by atomic mass is 79.9. The predicted octanol–water partition coefficient (Wildman–Crippen LogP) is 2.29. The minimum absolute atomic E-state index is 0.00801. The molecule has 0 saturated carbocycles. The lowest BCUT2D eigenvalue weighted by Gasteiger charge is -2.09. The standard InChI is InChI=1S/C10H12BrNO2/c1-6(2)12-10(14)8-5-7(11)3-4-9(8)13/h3-6,13H,1-2H3,(H,12,14). The molecule has 0 aliphatic carbocycles. The van der Waals surface area contributed by atoms with Gasteiger partial charge in [0, 0.05) is 10.5 Å². The van der Waals surface area contributed by atoms with E-state index in [1.807, 2.05) is 13.8 Å². The van der Waals surface area contributed by atoms with Crippen molar-refractivity contribution in [2.24, 2.45) is 0 Å². The Labute approximate surface area is 91.3 Å². The molecule has 0 aliphatic heterocycles. The van der Waals surface area contributed by atoms with Gasteiger partial charge in [-0.2, -0.15) is 0 Å². The fourth-order valence-corrected chi connectivity index (χ4v) is 1.39. The molecular weight excluding hydrogens is 246 g/mol. The largest absolute Gasteiger partial charge is 0.507 e. The summed E-state index contributed by atoms with van der Waals surface area (Å²) in [5, 5.41) is 12.1. The monoisotopic (exact) mass is 257 g/mol. The van der Waals surface area contributed by atoms with Crippen LogP contribution in [0.2, 0.25) is 0 Å². The van der Waals surface area contributed by atoms with Crippen molar-refractivity contribution in [3.63, 3.8) is 0 Å². The molecule has 4 heteroatoms. The summed E-state index contributed by atoms with van der Waals surface area (Å²) < 4.78 is 0.768. The Hall–Kier alpha value is -1.03. The minimum Gasteiger partial charge on any atom is -0.507 e. The molecule has 2 N–H and O–H groups in total. The molecular formula is C10H12BrNO2. The van der Waals surface area contributed by atoms with E-state index in [9.17, 15) is 9.90 Å². The fourth-order valence-electron chi connectivity index (χ4n) is 1.03. The Morgan fingerprint density at radius 3 is 2.71 bits per heavy atom. The second-order valence-corrected chi connectivity index (χ2v) is 4.21. The topological polar surface area (TPSA) is 49.3 Å². The lowest BCUT2D eigenvalue weighted by molar-refractivity contribution is 0.0940. The van der Waals surface area contributed by atoms with Gasteiger partial charge in [-0.05, 0) is 32.0 Å². The summed E-state index contributed by atoms with van der Waals surface area (Å²) in [5.41, 5.74) is 0.285. The SMILES string of the molecule is CC(C)NC(=O)c1cc(Br)ccc1O. The van der Waals surface area contributed by atoms with E-state index in [4.69, 9.17) is 0 Å². The summed E-state index contributed by atoms with van der Waals surface area (Å²) >= 11 is 3.24. The third kappa shape index (κ3) is 2.73. The van der Waals surface area contributed by atoms with Crippen LogP contribution in [0, 0.1) is 0 Å². The predicted molar refractivity (Wildman–Crippen MR) is 58.4 cm³/mol. The van der Waals surface area contributed by atoms with Crippen LogP contribution in [-0.4, -0.2) is 17.1 Å². The zero-order chi connectivity index (χ0) is 10.7. The van der Waals surface area contributed by atoms with Crippen LogP contribution < -0.4 is 5.32 Å². The normalized spacial score (nSPS) is 10.3. The number of rotatable bonds is 2. The van der Waals surface area contributed by atoms with Gasteiger partial charge >= 0.3 is 0 Å². The maximum absolute atomic E-state index is 11.5. The number of carbonyl (C=O) groups excluding carboxylic acids is 1. The number of benzene rings is 1. The van der Waals surface area contributed by atoms with Gasteiger partial charge in [0.25, 0.3) is 5.91 Å². The number of aromatic hydroxyl groups is 1. The van der Waals surface area contributed by atoms with Gasteiger partial charge in [-0.15, -0.1) is 0 Å². The molecule has 0 radical (unpaired) electrons. The zero-order valence-corrected chi connectivity index (χ0v) is 9.63. The Bertz CT molecular complexity index is 350. The van der Waals surface area contributed by atoms with Gasteiger partial charge in [-0.1, -0.05) is 15.9 Å². The summed E-state index contributed by atoms with van der Waals surface area (Å²) in [7, 11) is 0. The van der Waals surface area contributed by atoms with Gasteiger partial charge in [-0.3, -0.25) is 4.79 Å². The van der Waals surface area contributed by atoms with Crippen molar-refractivity contribution in [2.75, 3.05) is 0 Å². The van der Waals surface area contributed by atoms with Crippen LogP contribution >= 0.6 is 15.9 Å². The number of hydrogen-bond donors (Lipinski definition) is 2. The van der Waals surface area contributed by atoms with Gasteiger partial charge in [0.2, 0.25) is 0 Å². The molecule has 1 rings (SSSR count). The summed E-state index contributed by atoms with van der Waals surface area (Å²) in [5.74, 6) is -0.273. The minimum atomic E-state index is -0.265. The average molecular weight is 258 g/mol. The zero-order valence-electron chi connectivity index (χ0n) is 8.04. The first-order valence-electron chi connectivity index (χ1n) is 4.30.